The van der Waals surface area contributed by atoms with Crippen molar-refractivity contribution >= 4 is 21.4 Å². The van der Waals surface area contributed by atoms with E-state index in [1.165, 1.54) is 51.2 Å². The highest BCUT2D eigenvalue weighted by Crippen LogP contribution is 2.16. The molecule has 1 aromatic carbocycles. The third kappa shape index (κ3) is 7.43. The van der Waals surface area contributed by atoms with Crippen LogP contribution in [-0.2, 0) is 27.6 Å². The molecular weight excluding hydrogens is 372 g/mol. The lowest BCUT2D eigenvalue weighted by Gasteiger charge is -2.07. The molecule has 0 aliphatic heterocycles. The normalized spacial score (nSPS) is 11.4. The van der Waals surface area contributed by atoms with Gasteiger partial charge in [-0.3, -0.25) is 4.79 Å². The van der Waals surface area contributed by atoms with Crippen LogP contribution in [0.3, 0.4) is 0 Å². The Kier molecular flexibility index (Phi) is 8.64. The number of sulfone groups is 1. The lowest BCUT2D eigenvalue weighted by molar-refractivity contribution is -0.697. The Hall–Kier alpha value is -2.21. The summed E-state index contributed by atoms with van der Waals surface area (Å²) in [6.07, 6.45) is 10.8. The number of nitrogens with one attached hydrogen (secondary N) is 1. The summed E-state index contributed by atoms with van der Waals surface area (Å²) in [5, 5.41) is 2.63. The zero-order valence-corrected chi connectivity index (χ0v) is 17.7. The minimum absolute atomic E-state index is 0.0630. The van der Waals surface area contributed by atoms with Crippen molar-refractivity contribution in [2.24, 2.45) is 0 Å². The Morgan fingerprint density at radius 3 is 2.21 bits per heavy atom. The predicted molar refractivity (Wildman–Crippen MR) is 112 cm³/mol. The molecular formula is C22H31N2O3S+. The van der Waals surface area contributed by atoms with Crippen molar-refractivity contribution in [1.82, 2.24) is 0 Å². The van der Waals surface area contributed by atoms with E-state index in [9.17, 15) is 13.2 Å². The van der Waals surface area contributed by atoms with Gasteiger partial charge in [0.15, 0.2) is 22.2 Å². The summed E-state index contributed by atoms with van der Waals surface area (Å²) < 4.78 is 27.2. The number of unbranched alkanes of at least 4 members (excludes halogenated alkanes) is 4. The number of nitrogens with zero attached hydrogens (tertiary/aromatic N) is 1. The molecule has 0 saturated carbocycles. The third-order valence-electron chi connectivity index (χ3n) is 4.67. The number of aryl methyl sites for hydroxylation is 2. The summed E-state index contributed by atoms with van der Waals surface area (Å²) >= 11 is 0. The summed E-state index contributed by atoms with van der Waals surface area (Å²) in [4.78, 5) is 11.3. The van der Waals surface area contributed by atoms with Crippen molar-refractivity contribution in [3.8, 4) is 0 Å². The first-order valence-electron chi connectivity index (χ1n) is 9.99. The Labute approximate surface area is 168 Å². The number of carbonyl (C=O) groups is 1. The first-order valence-corrected chi connectivity index (χ1v) is 11.6. The van der Waals surface area contributed by atoms with Gasteiger partial charge in [0.05, 0.1) is 10.6 Å². The standard InChI is InChI=1S/C22H30N2O3S/c1-3-4-5-6-7-15-24-16-12-20(13-17-24)14-18-28(26,27)22-10-8-21(9-11-22)23-19(2)25/h8-13,16-17H,3-7,14-15,18H2,1-2H3/p+1. The van der Waals surface area contributed by atoms with Crippen LogP contribution < -0.4 is 9.88 Å². The SMILES string of the molecule is CCCCCCC[n+]1ccc(CCS(=O)(=O)c2ccc(NC(C)=O)cc2)cc1. The van der Waals surface area contributed by atoms with Crippen LogP contribution in [0, 0.1) is 0 Å². The zero-order valence-electron chi connectivity index (χ0n) is 16.9. The molecule has 0 aliphatic carbocycles. The second-order valence-corrected chi connectivity index (χ2v) is 9.24. The number of carbonyl (C=O) groups excluding carboxylic acids is 1. The first kappa shape index (κ1) is 22.1. The second-order valence-electron chi connectivity index (χ2n) is 7.13. The van der Waals surface area contributed by atoms with Crippen LogP contribution >= 0.6 is 0 Å². The van der Waals surface area contributed by atoms with E-state index >= 15 is 0 Å². The van der Waals surface area contributed by atoms with Crippen LogP contribution in [0.1, 0.15) is 51.5 Å². The van der Waals surface area contributed by atoms with Gasteiger partial charge in [0.1, 0.15) is 6.54 Å². The molecule has 6 heteroatoms. The van der Waals surface area contributed by atoms with Crippen LogP contribution in [0.5, 0.6) is 0 Å². The van der Waals surface area contributed by atoms with E-state index in [0.29, 0.717) is 12.1 Å². The molecule has 0 saturated heterocycles. The van der Waals surface area contributed by atoms with Crippen LogP contribution in [0.2, 0.25) is 0 Å². The van der Waals surface area contributed by atoms with Gasteiger partial charge in [-0.15, -0.1) is 0 Å². The van der Waals surface area contributed by atoms with Crippen molar-refractivity contribution < 1.29 is 17.8 Å². The summed E-state index contributed by atoms with van der Waals surface area (Å²) in [7, 11) is -3.36. The largest absolute Gasteiger partial charge is 0.326 e. The van der Waals surface area contributed by atoms with Crippen molar-refractivity contribution in [3.63, 3.8) is 0 Å². The van der Waals surface area contributed by atoms with Gasteiger partial charge in [-0.2, -0.15) is 0 Å². The Bertz CT molecular complexity index is 844. The second kappa shape index (κ2) is 11.0. The fourth-order valence-corrected chi connectivity index (χ4v) is 4.31. The Morgan fingerprint density at radius 2 is 1.61 bits per heavy atom. The third-order valence-corrected chi connectivity index (χ3v) is 6.41. The highest BCUT2D eigenvalue weighted by Gasteiger charge is 2.15. The van der Waals surface area contributed by atoms with E-state index in [-0.39, 0.29) is 16.6 Å². The molecule has 2 aromatic rings. The molecule has 5 nitrogen and oxygen atoms in total. The van der Waals surface area contributed by atoms with E-state index in [1.807, 2.05) is 24.5 Å². The molecule has 0 fully saturated rings. The number of anilines is 1. The van der Waals surface area contributed by atoms with Crippen LogP contribution in [0.4, 0.5) is 5.69 Å². The van der Waals surface area contributed by atoms with E-state index in [4.69, 9.17) is 0 Å². The van der Waals surface area contributed by atoms with Crippen LogP contribution in [0.25, 0.3) is 0 Å². The summed E-state index contributed by atoms with van der Waals surface area (Å²) in [5.41, 5.74) is 1.61. The van der Waals surface area contributed by atoms with Gasteiger partial charge < -0.3 is 5.32 Å². The molecule has 0 atom stereocenters. The molecule has 152 valence electrons. The topological polar surface area (TPSA) is 67.1 Å². The molecule has 0 spiro atoms. The highest BCUT2D eigenvalue weighted by molar-refractivity contribution is 7.91. The smallest absolute Gasteiger partial charge is 0.221 e. The average Bonchev–Trinajstić information content (AvgIpc) is 2.67. The average molecular weight is 404 g/mol. The van der Waals surface area contributed by atoms with Gasteiger partial charge in [0, 0.05) is 31.2 Å². The number of amides is 1. The van der Waals surface area contributed by atoms with E-state index in [2.05, 4.69) is 16.8 Å². The fraction of sp³-hybridized carbons (Fsp3) is 0.455. The molecule has 0 bridgehead atoms. The quantitative estimate of drug-likeness (QED) is 0.457. The molecule has 0 unspecified atom stereocenters. The number of rotatable bonds is 11. The number of aromatic nitrogens is 1. The minimum atomic E-state index is -3.36. The fourth-order valence-electron chi connectivity index (χ4n) is 3.02. The lowest BCUT2D eigenvalue weighted by Crippen LogP contribution is -2.32. The summed E-state index contributed by atoms with van der Waals surface area (Å²) in [6, 6.07) is 10.3. The molecule has 1 heterocycles. The number of hydrogen-bond donors (Lipinski definition) is 1. The van der Waals surface area contributed by atoms with E-state index < -0.39 is 9.84 Å². The highest BCUT2D eigenvalue weighted by atomic mass is 32.2. The molecule has 0 radical (unpaired) electrons. The molecule has 1 N–H and O–H groups in total. The van der Waals surface area contributed by atoms with Gasteiger partial charge in [-0.1, -0.05) is 26.2 Å². The van der Waals surface area contributed by atoms with Crippen molar-refractivity contribution in [2.75, 3.05) is 11.1 Å². The number of hydrogen-bond acceptors (Lipinski definition) is 3. The van der Waals surface area contributed by atoms with Crippen LogP contribution in [-0.4, -0.2) is 20.1 Å². The Balaban J connectivity index is 1.85. The van der Waals surface area contributed by atoms with E-state index in [1.54, 1.807) is 12.1 Å². The van der Waals surface area contributed by atoms with Gasteiger partial charge in [-0.05, 0) is 42.7 Å². The summed E-state index contributed by atoms with van der Waals surface area (Å²) in [6.45, 7) is 4.64. The molecule has 1 aromatic heterocycles. The van der Waals surface area contributed by atoms with Gasteiger partial charge in [0.2, 0.25) is 5.91 Å². The maximum absolute atomic E-state index is 12.5. The van der Waals surface area contributed by atoms with Crippen LogP contribution in [0.15, 0.2) is 53.7 Å². The Morgan fingerprint density at radius 1 is 0.964 bits per heavy atom. The van der Waals surface area contributed by atoms with Crippen molar-refractivity contribution in [1.29, 1.82) is 0 Å². The molecule has 2 rings (SSSR count). The van der Waals surface area contributed by atoms with Gasteiger partial charge >= 0.3 is 0 Å². The first-order chi connectivity index (χ1) is 13.4. The molecule has 0 aliphatic rings. The number of benzene rings is 1. The maximum atomic E-state index is 12.5. The van der Waals surface area contributed by atoms with Crippen molar-refractivity contribution in [2.45, 2.75) is 63.8 Å². The summed E-state index contributed by atoms with van der Waals surface area (Å²) in [5.74, 6) is -0.120. The van der Waals surface area contributed by atoms with Crippen molar-refractivity contribution in [3.05, 3.63) is 54.4 Å². The molecule has 1 amide bonds. The lowest BCUT2D eigenvalue weighted by atomic mass is 10.1. The zero-order chi connectivity index (χ0) is 20.4. The number of pyridine rings is 1. The van der Waals surface area contributed by atoms with E-state index in [0.717, 1.165) is 12.1 Å². The van der Waals surface area contributed by atoms with Gasteiger partial charge in [-0.25, -0.2) is 13.0 Å². The predicted octanol–water partition coefficient (Wildman–Crippen LogP) is 3.92. The minimum Gasteiger partial charge on any atom is -0.326 e. The monoisotopic (exact) mass is 403 g/mol. The van der Waals surface area contributed by atoms with Gasteiger partial charge in [0.25, 0.3) is 0 Å². The maximum Gasteiger partial charge on any atom is 0.221 e. The molecule has 28 heavy (non-hydrogen) atoms.